The fourth-order valence-electron chi connectivity index (χ4n) is 2.71. The topological polar surface area (TPSA) is 12.0 Å². The van der Waals surface area contributed by atoms with Crippen molar-refractivity contribution < 1.29 is 4.39 Å². The number of benzene rings is 1. The van der Waals surface area contributed by atoms with E-state index in [9.17, 15) is 4.39 Å². The van der Waals surface area contributed by atoms with Crippen LogP contribution in [0.2, 0.25) is 0 Å². The Labute approximate surface area is 110 Å². The lowest BCUT2D eigenvalue weighted by molar-refractivity contribution is 0.378. The third-order valence-electron chi connectivity index (χ3n) is 4.12. The summed E-state index contributed by atoms with van der Waals surface area (Å²) >= 11 is 0. The fourth-order valence-corrected chi connectivity index (χ4v) is 2.71. The maximum Gasteiger partial charge on any atom is 0.123 e. The van der Waals surface area contributed by atoms with Crippen molar-refractivity contribution in [3.8, 4) is 0 Å². The molecule has 0 aromatic heterocycles. The highest BCUT2D eigenvalue weighted by atomic mass is 19.1. The van der Waals surface area contributed by atoms with Crippen LogP contribution in [0.3, 0.4) is 0 Å². The molecule has 1 saturated carbocycles. The van der Waals surface area contributed by atoms with Crippen LogP contribution in [0.1, 0.15) is 51.0 Å². The molecule has 1 aromatic rings. The van der Waals surface area contributed by atoms with Crippen molar-refractivity contribution in [1.82, 2.24) is 5.32 Å². The number of hydrogen-bond donors (Lipinski definition) is 1. The summed E-state index contributed by atoms with van der Waals surface area (Å²) in [5.74, 6) is 1.06. The van der Waals surface area contributed by atoms with Gasteiger partial charge in [-0.25, -0.2) is 4.39 Å². The molecular formula is C16H24FN. The van der Waals surface area contributed by atoms with E-state index in [0.29, 0.717) is 11.8 Å². The lowest BCUT2D eigenvalue weighted by atomic mass is 9.82. The highest BCUT2D eigenvalue weighted by Gasteiger charge is 2.25. The number of nitrogens with one attached hydrogen (secondary N) is 1. The molecule has 100 valence electrons. The van der Waals surface area contributed by atoms with Gasteiger partial charge in [-0.1, -0.05) is 38.8 Å². The van der Waals surface area contributed by atoms with Gasteiger partial charge in [0, 0.05) is 12.6 Å². The van der Waals surface area contributed by atoms with E-state index in [1.54, 1.807) is 12.1 Å². The summed E-state index contributed by atoms with van der Waals surface area (Å²) in [5, 5.41) is 3.63. The predicted molar refractivity (Wildman–Crippen MR) is 74.2 cm³/mol. The second kappa shape index (κ2) is 6.33. The lowest BCUT2D eigenvalue weighted by Gasteiger charge is -2.26. The molecule has 18 heavy (non-hydrogen) atoms. The van der Waals surface area contributed by atoms with E-state index in [4.69, 9.17) is 0 Å². The molecule has 1 fully saturated rings. The quantitative estimate of drug-likeness (QED) is 0.767. The van der Waals surface area contributed by atoms with Crippen LogP contribution < -0.4 is 5.32 Å². The molecule has 1 N–H and O–H groups in total. The summed E-state index contributed by atoms with van der Waals surface area (Å²) in [4.78, 5) is 0. The molecule has 0 saturated heterocycles. The van der Waals surface area contributed by atoms with Crippen LogP contribution in [-0.2, 0) is 0 Å². The molecule has 2 rings (SSSR count). The third-order valence-corrected chi connectivity index (χ3v) is 4.12. The average Bonchev–Trinajstić information content (AvgIpc) is 3.20. The zero-order valence-corrected chi connectivity index (χ0v) is 11.5. The summed E-state index contributed by atoms with van der Waals surface area (Å²) in [6.07, 6.45) is 5.01. The Bertz CT molecular complexity index is 352. The standard InChI is InChI=1S/C16H24FN/c1-3-12(4-2)16(11-18-15-9-10-15)13-5-7-14(17)8-6-13/h5-8,12,15-16,18H,3-4,9-11H2,1-2H3. The summed E-state index contributed by atoms with van der Waals surface area (Å²) in [7, 11) is 0. The van der Waals surface area contributed by atoms with E-state index in [-0.39, 0.29) is 5.82 Å². The minimum Gasteiger partial charge on any atom is -0.313 e. The predicted octanol–water partition coefficient (Wildman–Crippen LogP) is 4.10. The Morgan fingerprint density at radius 1 is 1.17 bits per heavy atom. The number of rotatable bonds is 7. The number of hydrogen-bond acceptors (Lipinski definition) is 1. The molecule has 1 aliphatic rings. The minimum absolute atomic E-state index is 0.141. The molecule has 1 aromatic carbocycles. The molecule has 0 amide bonds. The fraction of sp³-hybridized carbons (Fsp3) is 0.625. The highest BCUT2D eigenvalue weighted by molar-refractivity contribution is 5.22. The van der Waals surface area contributed by atoms with Gasteiger partial charge in [-0.2, -0.15) is 0 Å². The molecule has 1 unspecified atom stereocenters. The van der Waals surface area contributed by atoms with Gasteiger partial charge >= 0.3 is 0 Å². The second-order valence-electron chi connectivity index (χ2n) is 5.42. The lowest BCUT2D eigenvalue weighted by Crippen LogP contribution is -2.28. The molecule has 2 heteroatoms. The highest BCUT2D eigenvalue weighted by Crippen LogP contribution is 2.30. The normalized spacial score (nSPS) is 17.1. The van der Waals surface area contributed by atoms with Crippen molar-refractivity contribution in [2.45, 2.75) is 51.5 Å². The molecular weight excluding hydrogens is 225 g/mol. The maximum absolute atomic E-state index is 13.0. The first-order valence-corrected chi connectivity index (χ1v) is 7.23. The molecule has 0 heterocycles. The van der Waals surface area contributed by atoms with Crippen LogP contribution >= 0.6 is 0 Å². The van der Waals surface area contributed by atoms with Crippen LogP contribution in [0, 0.1) is 11.7 Å². The van der Waals surface area contributed by atoms with Crippen molar-refractivity contribution in [3.63, 3.8) is 0 Å². The zero-order chi connectivity index (χ0) is 13.0. The summed E-state index contributed by atoms with van der Waals surface area (Å²) in [6, 6.07) is 7.81. The van der Waals surface area contributed by atoms with Gasteiger partial charge in [-0.05, 0) is 42.4 Å². The van der Waals surface area contributed by atoms with Gasteiger partial charge in [0.15, 0.2) is 0 Å². The Kier molecular flexibility index (Phi) is 4.76. The monoisotopic (exact) mass is 249 g/mol. The van der Waals surface area contributed by atoms with E-state index in [2.05, 4.69) is 19.2 Å². The molecule has 0 aliphatic heterocycles. The first-order valence-electron chi connectivity index (χ1n) is 7.23. The van der Waals surface area contributed by atoms with Crippen LogP contribution in [0.5, 0.6) is 0 Å². The molecule has 1 atom stereocenters. The molecule has 1 aliphatic carbocycles. The third kappa shape index (κ3) is 3.55. The van der Waals surface area contributed by atoms with Gasteiger partial charge < -0.3 is 5.32 Å². The molecule has 1 nitrogen and oxygen atoms in total. The van der Waals surface area contributed by atoms with E-state index in [1.165, 1.54) is 31.2 Å². The smallest absolute Gasteiger partial charge is 0.123 e. The average molecular weight is 249 g/mol. The van der Waals surface area contributed by atoms with Gasteiger partial charge in [-0.3, -0.25) is 0 Å². The summed E-state index contributed by atoms with van der Waals surface area (Å²) in [6.45, 7) is 5.53. The molecule has 0 bridgehead atoms. The van der Waals surface area contributed by atoms with Crippen LogP contribution in [0.15, 0.2) is 24.3 Å². The van der Waals surface area contributed by atoms with Gasteiger partial charge in [0.1, 0.15) is 5.82 Å². The van der Waals surface area contributed by atoms with Crippen molar-refractivity contribution in [1.29, 1.82) is 0 Å². The van der Waals surface area contributed by atoms with Crippen molar-refractivity contribution in [2.24, 2.45) is 5.92 Å². The zero-order valence-electron chi connectivity index (χ0n) is 11.5. The van der Waals surface area contributed by atoms with Gasteiger partial charge in [0.25, 0.3) is 0 Å². The SMILES string of the molecule is CCC(CC)C(CNC1CC1)c1ccc(F)cc1. The summed E-state index contributed by atoms with van der Waals surface area (Å²) in [5.41, 5.74) is 1.28. The first kappa shape index (κ1) is 13.5. The minimum atomic E-state index is -0.141. The van der Waals surface area contributed by atoms with Crippen molar-refractivity contribution in [3.05, 3.63) is 35.6 Å². The van der Waals surface area contributed by atoms with Crippen molar-refractivity contribution in [2.75, 3.05) is 6.54 Å². The first-order chi connectivity index (χ1) is 8.74. The Morgan fingerprint density at radius 2 is 1.78 bits per heavy atom. The van der Waals surface area contributed by atoms with Crippen LogP contribution in [0.4, 0.5) is 4.39 Å². The Hall–Kier alpha value is -0.890. The largest absolute Gasteiger partial charge is 0.313 e. The maximum atomic E-state index is 13.0. The van der Waals surface area contributed by atoms with Gasteiger partial charge in [-0.15, -0.1) is 0 Å². The van der Waals surface area contributed by atoms with E-state index in [0.717, 1.165) is 12.6 Å². The molecule has 0 radical (unpaired) electrons. The molecule has 0 spiro atoms. The Balaban J connectivity index is 2.08. The van der Waals surface area contributed by atoms with Crippen LogP contribution in [-0.4, -0.2) is 12.6 Å². The summed E-state index contributed by atoms with van der Waals surface area (Å²) < 4.78 is 13.0. The second-order valence-corrected chi connectivity index (χ2v) is 5.42. The van der Waals surface area contributed by atoms with Crippen LogP contribution in [0.25, 0.3) is 0 Å². The van der Waals surface area contributed by atoms with E-state index >= 15 is 0 Å². The Morgan fingerprint density at radius 3 is 2.28 bits per heavy atom. The van der Waals surface area contributed by atoms with Gasteiger partial charge in [0.2, 0.25) is 0 Å². The van der Waals surface area contributed by atoms with Gasteiger partial charge in [0.05, 0.1) is 0 Å². The van der Waals surface area contributed by atoms with E-state index < -0.39 is 0 Å². The van der Waals surface area contributed by atoms with E-state index in [1.807, 2.05) is 12.1 Å². The van der Waals surface area contributed by atoms with Crippen molar-refractivity contribution >= 4 is 0 Å². The number of halogens is 1.